The van der Waals surface area contributed by atoms with E-state index >= 15 is 0 Å². The Kier molecular flexibility index (Phi) is 4.70. The van der Waals surface area contributed by atoms with Gasteiger partial charge in [-0.2, -0.15) is 0 Å². The molecule has 96 valence electrons. The summed E-state index contributed by atoms with van der Waals surface area (Å²) in [6, 6.07) is 3.76. The van der Waals surface area contributed by atoms with Crippen LogP contribution in [0.2, 0.25) is 10.0 Å². The van der Waals surface area contributed by atoms with Crippen molar-refractivity contribution in [2.75, 3.05) is 12.8 Å². The van der Waals surface area contributed by atoms with E-state index in [-0.39, 0.29) is 5.54 Å². The minimum absolute atomic E-state index is 0.153. The van der Waals surface area contributed by atoms with Crippen molar-refractivity contribution in [3.05, 3.63) is 27.7 Å². The fraction of sp³-hybridized carbons (Fsp3) is 0.538. The molecule has 0 atom stereocenters. The first kappa shape index (κ1) is 14.6. The summed E-state index contributed by atoms with van der Waals surface area (Å²) < 4.78 is 0. The van der Waals surface area contributed by atoms with Gasteiger partial charge in [-0.25, -0.2) is 0 Å². The van der Waals surface area contributed by atoms with E-state index in [2.05, 4.69) is 32.7 Å². The Morgan fingerprint density at radius 1 is 1.24 bits per heavy atom. The van der Waals surface area contributed by atoms with Crippen molar-refractivity contribution in [1.29, 1.82) is 0 Å². The van der Waals surface area contributed by atoms with Gasteiger partial charge in [0.25, 0.3) is 0 Å². The summed E-state index contributed by atoms with van der Waals surface area (Å²) in [4.78, 5) is 2.28. The Labute approximate surface area is 114 Å². The van der Waals surface area contributed by atoms with Gasteiger partial charge in [0.05, 0.1) is 15.7 Å². The van der Waals surface area contributed by atoms with Gasteiger partial charge in [-0.1, -0.05) is 30.1 Å². The van der Waals surface area contributed by atoms with Crippen molar-refractivity contribution in [2.45, 2.75) is 39.3 Å². The number of halogens is 2. The molecule has 4 heteroatoms. The molecule has 1 rings (SSSR count). The highest BCUT2D eigenvalue weighted by molar-refractivity contribution is 6.38. The molecule has 0 radical (unpaired) electrons. The molecule has 2 N–H and O–H groups in total. The van der Waals surface area contributed by atoms with Crippen LogP contribution in [0.1, 0.15) is 32.8 Å². The maximum atomic E-state index is 6.02. The average molecular weight is 275 g/mol. The van der Waals surface area contributed by atoms with E-state index in [9.17, 15) is 0 Å². The fourth-order valence-electron chi connectivity index (χ4n) is 1.49. The summed E-state index contributed by atoms with van der Waals surface area (Å²) in [6.07, 6.45) is 1.08. The van der Waals surface area contributed by atoms with Crippen LogP contribution in [0.5, 0.6) is 0 Å². The lowest BCUT2D eigenvalue weighted by Gasteiger charge is -2.35. The van der Waals surface area contributed by atoms with Gasteiger partial charge >= 0.3 is 0 Å². The van der Waals surface area contributed by atoms with E-state index in [0.29, 0.717) is 15.7 Å². The first-order valence-electron chi connectivity index (χ1n) is 5.72. The molecule has 0 fully saturated rings. The summed E-state index contributed by atoms with van der Waals surface area (Å²) in [5, 5.41) is 1.05. The second-order valence-electron chi connectivity index (χ2n) is 5.00. The summed E-state index contributed by atoms with van der Waals surface area (Å²) in [6.45, 7) is 7.42. The first-order chi connectivity index (χ1) is 7.77. The zero-order valence-electron chi connectivity index (χ0n) is 10.8. The Morgan fingerprint density at radius 2 is 1.71 bits per heavy atom. The minimum atomic E-state index is 0.153. The second kappa shape index (κ2) is 5.47. The molecule has 1 aromatic carbocycles. The van der Waals surface area contributed by atoms with Crippen LogP contribution in [0, 0.1) is 0 Å². The smallest absolute Gasteiger partial charge is 0.0693 e. The monoisotopic (exact) mass is 274 g/mol. The van der Waals surface area contributed by atoms with Crippen molar-refractivity contribution >= 4 is 28.9 Å². The molecule has 0 spiro atoms. The van der Waals surface area contributed by atoms with Crippen LogP contribution in [0.15, 0.2) is 12.1 Å². The number of hydrogen-bond donors (Lipinski definition) is 1. The quantitative estimate of drug-likeness (QED) is 0.834. The third-order valence-corrected chi connectivity index (χ3v) is 4.08. The van der Waals surface area contributed by atoms with Crippen molar-refractivity contribution < 1.29 is 0 Å². The second-order valence-corrected chi connectivity index (χ2v) is 5.81. The average Bonchev–Trinajstić information content (AvgIpc) is 2.25. The highest BCUT2D eigenvalue weighted by Gasteiger charge is 2.21. The summed E-state index contributed by atoms with van der Waals surface area (Å²) in [5.41, 5.74) is 7.40. The van der Waals surface area contributed by atoms with Crippen LogP contribution in [-0.4, -0.2) is 17.5 Å². The number of benzene rings is 1. The lowest BCUT2D eigenvalue weighted by Crippen LogP contribution is -2.39. The Morgan fingerprint density at radius 3 is 2.12 bits per heavy atom. The predicted molar refractivity (Wildman–Crippen MR) is 76.7 cm³/mol. The topological polar surface area (TPSA) is 29.3 Å². The number of nitrogens with zero attached hydrogens (tertiary/aromatic N) is 1. The largest absolute Gasteiger partial charge is 0.396 e. The standard InChI is InChI=1S/C13H20Cl2N2/c1-5-13(2,3)17(4)8-9-6-10(14)12(16)11(15)7-9/h6-7H,5,8,16H2,1-4H3. The summed E-state index contributed by atoms with van der Waals surface area (Å²) in [7, 11) is 2.10. The lowest BCUT2D eigenvalue weighted by molar-refractivity contribution is 0.143. The highest BCUT2D eigenvalue weighted by Crippen LogP contribution is 2.30. The predicted octanol–water partition coefficient (Wildman–Crippen LogP) is 4.20. The molecule has 0 bridgehead atoms. The van der Waals surface area contributed by atoms with Gasteiger partial charge < -0.3 is 5.73 Å². The van der Waals surface area contributed by atoms with E-state index < -0.39 is 0 Å². The number of hydrogen-bond acceptors (Lipinski definition) is 2. The molecule has 0 aliphatic rings. The minimum Gasteiger partial charge on any atom is -0.396 e. The molecule has 0 saturated carbocycles. The van der Waals surface area contributed by atoms with Gasteiger partial charge in [-0.15, -0.1) is 0 Å². The molecule has 0 saturated heterocycles. The summed E-state index contributed by atoms with van der Waals surface area (Å²) in [5.74, 6) is 0. The molecule has 0 aromatic heterocycles. The van der Waals surface area contributed by atoms with Crippen LogP contribution in [0.3, 0.4) is 0 Å². The van der Waals surface area contributed by atoms with Crippen molar-refractivity contribution in [1.82, 2.24) is 4.90 Å². The molecule has 2 nitrogen and oxygen atoms in total. The van der Waals surface area contributed by atoms with Gasteiger partial charge in [0.2, 0.25) is 0 Å². The van der Waals surface area contributed by atoms with Crippen LogP contribution in [0.25, 0.3) is 0 Å². The Balaban J connectivity index is 2.90. The molecule has 0 aliphatic carbocycles. The van der Waals surface area contributed by atoms with Crippen LogP contribution in [-0.2, 0) is 6.54 Å². The van der Waals surface area contributed by atoms with Crippen molar-refractivity contribution in [3.63, 3.8) is 0 Å². The molecular formula is C13H20Cl2N2. The molecule has 0 heterocycles. The van der Waals surface area contributed by atoms with Gasteiger partial charge in [-0.05, 0) is 45.0 Å². The number of nitrogen functional groups attached to an aromatic ring is 1. The fourth-order valence-corrected chi connectivity index (χ4v) is 2.02. The van der Waals surface area contributed by atoms with Gasteiger partial charge in [0, 0.05) is 12.1 Å². The Hall–Kier alpha value is -0.440. The zero-order valence-corrected chi connectivity index (χ0v) is 12.4. The zero-order chi connectivity index (χ0) is 13.2. The maximum absolute atomic E-state index is 6.02. The van der Waals surface area contributed by atoms with Crippen LogP contribution in [0.4, 0.5) is 5.69 Å². The molecular weight excluding hydrogens is 255 g/mol. The van der Waals surface area contributed by atoms with E-state index in [0.717, 1.165) is 18.5 Å². The number of anilines is 1. The highest BCUT2D eigenvalue weighted by atomic mass is 35.5. The van der Waals surface area contributed by atoms with Gasteiger partial charge in [0.1, 0.15) is 0 Å². The molecule has 0 aliphatic heterocycles. The van der Waals surface area contributed by atoms with Crippen LogP contribution < -0.4 is 5.73 Å². The van der Waals surface area contributed by atoms with E-state index in [1.165, 1.54) is 0 Å². The maximum Gasteiger partial charge on any atom is 0.0693 e. The summed E-state index contributed by atoms with van der Waals surface area (Å²) >= 11 is 12.0. The third-order valence-electron chi connectivity index (χ3n) is 3.46. The molecule has 17 heavy (non-hydrogen) atoms. The SMILES string of the molecule is CCC(C)(C)N(C)Cc1cc(Cl)c(N)c(Cl)c1. The normalized spacial score (nSPS) is 12.2. The van der Waals surface area contributed by atoms with Gasteiger partial charge in [0.15, 0.2) is 0 Å². The van der Waals surface area contributed by atoms with E-state index in [1.807, 2.05) is 12.1 Å². The first-order valence-corrected chi connectivity index (χ1v) is 6.48. The van der Waals surface area contributed by atoms with E-state index in [4.69, 9.17) is 28.9 Å². The molecule has 1 aromatic rings. The molecule has 0 amide bonds. The lowest BCUT2D eigenvalue weighted by atomic mass is 9.99. The molecule has 0 unspecified atom stereocenters. The van der Waals surface area contributed by atoms with Crippen molar-refractivity contribution in [2.24, 2.45) is 0 Å². The van der Waals surface area contributed by atoms with Gasteiger partial charge in [-0.3, -0.25) is 4.90 Å². The third kappa shape index (κ3) is 3.51. The number of rotatable bonds is 4. The van der Waals surface area contributed by atoms with E-state index in [1.54, 1.807) is 0 Å². The van der Waals surface area contributed by atoms with Crippen LogP contribution >= 0.6 is 23.2 Å². The number of nitrogens with two attached hydrogens (primary N) is 1. The Bertz CT molecular complexity index is 379. The van der Waals surface area contributed by atoms with Crippen molar-refractivity contribution in [3.8, 4) is 0 Å².